The van der Waals surface area contributed by atoms with E-state index in [1.165, 1.54) is 22.5 Å². The predicted octanol–water partition coefficient (Wildman–Crippen LogP) is 3.77. The summed E-state index contributed by atoms with van der Waals surface area (Å²) in [6.45, 7) is 0.925. The quantitative estimate of drug-likeness (QED) is 0.592. The van der Waals surface area contributed by atoms with Gasteiger partial charge in [-0.1, -0.05) is 48.4 Å². The Morgan fingerprint density at radius 3 is 2.47 bits per heavy atom. The molecular weight excluding hydrogens is 448 g/mol. The molecule has 0 bridgehead atoms. The van der Waals surface area contributed by atoms with Gasteiger partial charge >= 0.3 is 0 Å². The summed E-state index contributed by atoms with van der Waals surface area (Å²) in [5.74, 6) is 0.258. The maximum absolute atomic E-state index is 13.2. The van der Waals surface area contributed by atoms with E-state index < -0.39 is 22.0 Å². The average Bonchev–Trinajstić information content (AvgIpc) is 3.24. The molecule has 1 aliphatic heterocycles. The van der Waals surface area contributed by atoms with Crippen LogP contribution in [0.2, 0.25) is 5.02 Å². The zero-order valence-corrected chi connectivity index (χ0v) is 19.3. The Morgan fingerprint density at radius 1 is 1.09 bits per heavy atom. The number of benzene rings is 2. The molecule has 2 aromatic carbocycles. The largest absolute Gasteiger partial charge is 0.338 e. The first kappa shape index (κ1) is 22.5. The number of aromatic nitrogens is 2. The van der Waals surface area contributed by atoms with Crippen LogP contribution in [0.1, 0.15) is 47.1 Å². The first-order chi connectivity index (χ1) is 15.4. The Morgan fingerprint density at radius 2 is 1.81 bits per heavy atom. The summed E-state index contributed by atoms with van der Waals surface area (Å²) in [4.78, 5) is 17.6. The van der Waals surface area contributed by atoms with Crippen molar-refractivity contribution in [3.05, 3.63) is 82.9 Å². The van der Waals surface area contributed by atoms with E-state index >= 15 is 0 Å². The van der Waals surface area contributed by atoms with Crippen molar-refractivity contribution in [2.75, 3.05) is 13.1 Å². The van der Waals surface area contributed by atoms with Crippen LogP contribution in [0.3, 0.4) is 0 Å². The maximum atomic E-state index is 13.2. The second kappa shape index (κ2) is 9.44. The van der Waals surface area contributed by atoms with Crippen LogP contribution in [0, 0.1) is 0 Å². The number of sulfonamides is 1. The highest BCUT2D eigenvalue weighted by molar-refractivity contribution is 7.89. The second-order valence-corrected chi connectivity index (χ2v) is 10.1. The first-order valence-corrected chi connectivity index (χ1v) is 12.3. The summed E-state index contributed by atoms with van der Waals surface area (Å²) < 4.78 is 29.6. The second-order valence-electron chi connectivity index (χ2n) is 7.82. The molecule has 1 unspecified atom stereocenters. The van der Waals surface area contributed by atoms with Crippen LogP contribution in [-0.2, 0) is 17.1 Å². The SMILES string of the molecule is Cn1ccnc1C(NC(=O)c1ccc(Cl)c(S(=O)(=O)N2CCCCC2)c1)c1ccccc1. The van der Waals surface area contributed by atoms with Crippen molar-refractivity contribution < 1.29 is 13.2 Å². The lowest BCUT2D eigenvalue weighted by molar-refractivity contribution is 0.0941. The van der Waals surface area contributed by atoms with Crippen molar-refractivity contribution in [2.24, 2.45) is 7.05 Å². The molecule has 0 spiro atoms. The van der Waals surface area contributed by atoms with Gasteiger partial charge in [0.1, 0.15) is 16.8 Å². The number of hydrogen-bond acceptors (Lipinski definition) is 4. The van der Waals surface area contributed by atoms with Gasteiger partial charge in [-0.05, 0) is 36.6 Å². The molecule has 1 amide bonds. The lowest BCUT2D eigenvalue weighted by atomic mass is 10.1. The lowest BCUT2D eigenvalue weighted by Gasteiger charge is -2.26. The first-order valence-electron chi connectivity index (χ1n) is 10.5. The van der Waals surface area contributed by atoms with Crippen LogP contribution < -0.4 is 5.32 Å². The van der Waals surface area contributed by atoms with Crippen molar-refractivity contribution in [3.8, 4) is 0 Å². The van der Waals surface area contributed by atoms with Crippen molar-refractivity contribution in [1.82, 2.24) is 19.2 Å². The Bertz CT molecular complexity index is 1200. The van der Waals surface area contributed by atoms with Crippen molar-refractivity contribution in [2.45, 2.75) is 30.2 Å². The zero-order chi connectivity index (χ0) is 22.7. The van der Waals surface area contributed by atoms with E-state index in [4.69, 9.17) is 11.6 Å². The lowest BCUT2D eigenvalue weighted by Crippen LogP contribution is -2.36. The van der Waals surface area contributed by atoms with Crippen LogP contribution in [0.5, 0.6) is 0 Å². The van der Waals surface area contributed by atoms with Crippen molar-refractivity contribution >= 4 is 27.5 Å². The number of halogens is 1. The standard InChI is InChI=1S/C23H25ClN4O3S/c1-27-15-12-25-22(27)21(17-8-4-2-5-9-17)26-23(29)18-10-11-19(24)20(16-18)32(30,31)28-13-6-3-7-14-28/h2,4-5,8-12,15-16,21H,3,6-7,13-14H2,1H3,(H,26,29). The van der Waals surface area contributed by atoms with Crippen LogP contribution in [-0.4, -0.2) is 41.3 Å². The number of nitrogens with zero attached hydrogens (tertiary/aromatic N) is 3. The fraction of sp³-hybridized carbons (Fsp3) is 0.304. The molecule has 1 N–H and O–H groups in total. The van der Waals surface area contributed by atoms with Gasteiger partial charge in [0.15, 0.2) is 0 Å². The van der Waals surface area contributed by atoms with E-state index in [-0.39, 0.29) is 15.5 Å². The summed E-state index contributed by atoms with van der Waals surface area (Å²) in [5, 5.41) is 3.10. The van der Waals surface area contributed by atoms with Crippen molar-refractivity contribution in [3.63, 3.8) is 0 Å². The van der Waals surface area contributed by atoms with E-state index in [9.17, 15) is 13.2 Å². The number of carbonyl (C=O) groups is 1. The van der Waals surface area contributed by atoms with Gasteiger partial charge in [-0.25, -0.2) is 13.4 Å². The van der Waals surface area contributed by atoms with Gasteiger partial charge in [0.05, 0.1) is 5.02 Å². The minimum absolute atomic E-state index is 0.0398. The third-order valence-corrected chi connectivity index (χ3v) is 8.03. The highest BCUT2D eigenvalue weighted by atomic mass is 35.5. The molecule has 1 saturated heterocycles. The maximum Gasteiger partial charge on any atom is 0.252 e. The average molecular weight is 473 g/mol. The summed E-state index contributed by atoms with van der Waals surface area (Å²) >= 11 is 6.26. The molecule has 0 saturated carbocycles. The molecule has 1 fully saturated rings. The normalized spacial score (nSPS) is 15.9. The molecule has 4 rings (SSSR count). The fourth-order valence-electron chi connectivity index (χ4n) is 3.90. The number of aryl methyl sites for hydroxylation is 1. The monoisotopic (exact) mass is 472 g/mol. The molecule has 2 heterocycles. The van der Waals surface area contributed by atoms with Crippen LogP contribution in [0.15, 0.2) is 65.8 Å². The van der Waals surface area contributed by atoms with E-state index in [2.05, 4.69) is 10.3 Å². The van der Waals surface area contributed by atoms with Gasteiger partial charge in [0.25, 0.3) is 5.91 Å². The number of hydrogen-bond donors (Lipinski definition) is 1. The molecule has 1 aliphatic rings. The van der Waals surface area contributed by atoms with Gasteiger partial charge in [0.2, 0.25) is 10.0 Å². The third-order valence-electron chi connectivity index (χ3n) is 5.65. The molecule has 168 valence electrons. The number of nitrogens with one attached hydrogen (secondary N) is 1. The minimum Gasteiger partial charge on any atom is -0.338 e. The molecule has 1 aromatic heterocycles. The fourth-order valence-corrected chi connectivity index (χ4v) is 5.92. The molecule has 0 radical (unpaired) electrons. The van der Waals surface area contributed by atoms with Gasteiger partial charge in [0, 0.05) is 38.1 Å². The summed E-state index contributed by atoms with van der Waals surface area (Å²) in [7, 11) is -1.92. The Balaban J connectivity index is 1.65. The molecule has 0 aliphatic carbocycles. The highest BCUT2D eigenvalue weighted by Gasteiger charge is 2.29. The topological polar surface area (TPSA) is 84.3 Å². The molecule has 1 atom stereocenters. The number of rotatable bonds is 6. The zero-order valence-electron chi connectivity index (χ0n) is 17.7. The molecule has 32 heavy (non-hydrogen) atoms. The summed E-state index contributed by atoms with van der Waals surface area (Å²) in [6.07, 6.45) is 6.13. The third kappa shape index (κ3) is 4.57. The van der Waals surface area contributed by atoms with E-state index in [1.807, 2.05) is 48.1 Å². The van der Waals surface area contributed by atoms with Crippen LogP contribution >= 0.6 is 11.6 Å². The number of piperidine rings is 1. The highest BCUT2D eigenvalue weighted by Crippen LogP contribution is 2.28. The molecule has 7 nitrogen and oxygen atoms in total. The Labute approximate surface area is 193 Å². The van der Waals surface area contributed by atoms with Gasteiger partial charge < -0.3 is 9.88 Å². The summed E-state index contributed by atoms with van der Waals surface area (Å²) in [6, 6.07) is 13.4. The molecule has 3 aromatic rings. The van der Waals surface area contributed by atoms with Crippen molar-refractivity contribution in [1.29, 1.82) is 0 Å². The van der Waals surface area contributed by atoms with Gasteiger partial charge in [-0.2, -0.15) is 4.31 Å². The number of carbonyl (C=O) groups excluding carboxylic acids is 1. The smallest absolute Gasteiger partial charge is 0.252 e. The van der Waals surface area contributed by atoms with E-state index in [1.54, 1.807) is 6.20 Å². The van der Waals surface area contributed by atoms with Gasteiger partial charge in [-0.3, -0.25) is 4.79 Å². The van der Waals surface area contributed by atoms with Gasteiger partial charge in [-0.15, -0.1) is 0 Å². The molecular formula is C23H25ClN4O3S. The predicted molar refractivity (Wildman–Crippen MR) is 123 cm³/mol. The van der Waals surface area contributed by atoms with E-state index in [0.29, 0.717) is 18.9 Å². The number of amides is 1. The Kier molecular flexibility index (Phi) is 6.64. The summed E-state index contributed by atoms with van der Waals surface area (Å²) in [5.41, 5.74) is 1.09. The molecule has 9 heteroatoms. The van der Waals surface area contributed by atoms with Crippen LogP contribution in [0.25, 0.3) is 0 Å². The van der Waals surface area contributed by atoms with E-state index in [0.717, 1.165) is 24.8 Å². The Hall–Kier alpha value is -2.68. The van der Waals surface area contributed by atoms with Crippen LogP contribution in [0.4, 0.5) is 0 Å². The number of imidazole rings is 1. The minimum atomic E-state index is -3.77.